The van der Waals surface area contributed by atoms with Gasteiger partial charge in [-0.2, -0.15) is 0 Å². The molecule has 0 radical (unpaired) electrons. The van der Waals surface area contributed by atoms with Crippen molar-refractivity contribution in [3.8, 4) is 5.75 Å². The zero-order valence-corrected chi connectivity index (χ0v) is 14.2. The van der Waals surface area contributed by atoms with Crippen LogP contribution >= 0.6 is 11.8 Å². The molecule has 0 saturated heterocycles. The molecule has 3 aromatic rings. The number of thioether (sulfide) groups is 1. The first-order valence-corrected chi connectivity index (χ1v) is 8.37. The molecule has 1 atom stereocenters. The summed E-state index contributed by atoms with van der Waals surface area (Å²) in [6.07, 6.45) is 1.69. The number of carbonyl (C=O) groups excluding carboxylic acids is 1. The molecular formula is C18H17N3O2S. The number of anilines is 1. The van der Waals surface area contributed by atoms with Crippen LogP contribution in [0.5, 0.6) is 5.75 Å². The molecule has 1 N–H and O–H groups in total. The molecule has 0 saturated carbocycles. The Morgan fingerprint density at radius 2 is 1.83 bits per heavy atom. The smallest absolute Gasteiger partial charge is 0.237 e. The van der Waals surface area contributed by atoms with Crippen molar-refractivity contribution < 1.29 is 9.53 Å². The van der Waals surface area contributed by atoms with Gasteiger partial charge in [-0.3, -0.25) is 9.78 Å². The number of rotatable bonds is 5. The van der Waals surface area contributed by atoms with E-state index in [0.29, 0.717) is 11.4 Å². The summed E-state index contributed by atoms with van der Waals surface area (Å²) in [5.41, 5.74) is 2.31. The molecule has 24 heavy (non-hydrogen) atoms. The van der Waals surface area contributed by atoms with Crippen LogP contribution in [0.2, 0.25) is 0 Å². The maximum Gasteiger partial charge on any atom is 0.237 e. The van der Waals surface area contributed by atoms with Gasteiger partial charge in [0.1, 0.15) is 10.8 Å². The van der Waals surface area contributed by atoms with Crippen molar-refractivity contribution in [2.75, 3.05) is 12.4 Å². The van der Waals surface area contributed by atoms with E-state index in [1.807, 2.05) is 55.5 Å². The van der Waals surface area contributed by atoms with Gasteiger partial charge in [0.15, 0.2) is 0 Å². The third-order valence-electron chi connectivity index (χ3n) is 3.46. The number of aromatic nitrogens is 2. The Hall–Kier alpha value is -2.60. The van der Waals surface area contributed by atoms with E-state index in [-0.39, 0.29) is 11.2 Å². The summed E-state index contributed by atoms with van der Waals surface area (Å²) in [5.74, 6) is 0.521. The van der Waals surface area contributed by atoms with Crippen molar-refractivity contribution >= 4 is 34.4 Å². The number of fused-ring (bicyclic) bond motifs is 1. The molecule has 0 spiro atoms. The predicted molar refractivity (Wildman–Crippen MR) is 96.5 cm³/mol. The first kappa shape index (κ1) is 16.3. The van der Waals surface area contributed by atoms with Gasteiger partial charge in [0.05, 0.1) is 35.3 Å². The predicted octanol–water partition coefficient (Wildman–Crippen LogP) is 3.76. The van der Waals surface area contributed by atoms with Crippen molar-refractivity contribution in [1.82, 2.24) is 9.97 Å². The first-order valence-electron chi connectivity index (χ1n) is 7.49. The highest BCUT2D eigenvalue weighted by atomic mass is 32.2. The van der Waals surface area contributed by atoms with Gasteiger partial charge < -0.3 is 10.1 Å². The number of nitrogens with zero attached hydrogens (tertiary/aromatic N) is 2. The third-order valence-corrected chi connectivity index (χ3v) is 4.46. The number of ether oxygens (including phenoxy) is 1. The lowest BCUT2D eigenvalue weighted by Gasteiger charge is -2.13. The molecule has 6 heteroatoms. The molecule has 0 unspecified atom stereocenters. The Labute approximate surface area is 144 Å². The number of hydrogen-bond donors (Lipinski definition) is 1. The van der Waals surface area contributed by atoms with Gasteiger partial charge in [0.2, 0.25) is 5.91 Å². The molecule has 1 amide bonds. The van der Waals surface area contributed by atoms with E-state index >= 15 is 0 Å². The minimum Gasteiger partial charge on any atom is -0.495 e. The lowest BCUT2D eigenvalue weighted by Crippen LogP contribution is -2.22. The van der Waals surface area contributed by atoms with Crippen molar-refractivity contribution in [2.45, 2.75) is 17.2 Å². The molecule has 0 fully saturated rings. The fourth-order valence-corrected chi connectivity index (χ4v) is 3.01. The maximum atomic E-state index is 12.4. The maximum absolute atomic E-state index is 12.4. The van der Waals surface area contributed by atoms with Crippen LogP contribution in [0.4, 0.5) is 5.69 Å². The number of para-hydroxylation sites is 4. The van der Waals surface area contributed by atoms with Gasteiger partial charge in [-0.25, -0.2) is 4.98 Å². The Morgan fingerprint density at radius 1 is 1.12 bits per heavy atom. The molecule has 3 rings (SSSR count). The summed E-state index contributed by atoms with van der Waals surface area (Å²) < 4.78 is 5.25. The molecule has 1 heterocycles. The Balaban J connectivity index is 1.71. The molecule has 0 bridgehead atoms. The number of hydrogen-bond acceptors (Lipinski definition) is 5. The van der Waals surface area contributed by atoms with Crippen LogP contribution in [0.15, 0.2) is 59.8 Å². The van der Waals surface area contributed by atoms with Crippen LogP contribution in [0.3, 0.4) is 0 Å². The monoisotopic (exact) mass is 339 g/mol. The number of nitrogens with one attached hydrogen (secondary N) is 1. The molecule has 5 nitrogen and oxygen atoms in total. The summed E-state index contributed by atoms with van der Waals surface area (Å²) >= 11 is 1.37. The third kappa shape index (κ3) is 3.65. The number of methoxy groups -OCH3 is 1. The second-order valence-electron chi connectivity index (χ2n) is 5.15. The fourth-order valence-electron chi connectivity index (χ4n) is 2.21. The Morgan fingerprint density at radius 3 is 2.62 bits per heavy atom. The van der Waals surface area contributed by atoms with Gasteiger partial charge in [0, 0.05) is 0 Å². The van der Waals surface area contributed by atoms with E-state index in [9.17, 15) is 4.79 Å². The second-order valence-corrected chi connectivity index (χ2v) is 6.51. The largest absolute Gasteiger partial charge is 0.495 e. The van der Waals surface area contributed by atoms with Crippen molar-refractivity contribution in [2.24, 2.45) is 0 Å². The van der Waals surface area contributed by atoms with E-state index < -0.39 is 0 Å². The average molecular weight is 339 g/mol. The topological polar surface area (TPSA) is 64.1 Å². The van der Waals surface area contributed by atoms with Crippen molar-refractivity contribution in [3.05, 3.63) is 54.7 Å². The lowest BCUT2D eigenvalue weighted by molar-refractivity contribution is -0.115. The van der Waals surface area contributed by atoms with Gasteiger partial charge in [-0.15, -0.1) is 0 Å². The normalized spacial score (nSPS) is 11.9. The van der Waals surface area contributed by atoms with Crippen LogP contribution in [0, 0.1) is 0 Å². The molecule has 2 aromatic carbocycles. The van der Waals surface area contributed by atoms with Crippen LogP contribution in [-0.4, -0.2) is 28.2 Å². The Bertz CT molecular complexity index is 870. The van der Waals surface area contributed by atoms with Crippen molar-refractivity contribution in [3.63, 3.8) is 0 Å². The lowest BCUT2D eigenvalue weighted by atomic mass is 10.3. The van der Waals surface area contributed by atoms with Crippen LogP contribution in [0.25, 0.3) is 11.0 Å². The fraction of sp³-hybridized carbons (Fsp3) is 0.167. The quantitative estimate of drug-likeness (QED) is 0.717. The molecule has 0 aliphatic carbocycles. The highest BCUT2D eigenvalue weighted by Crippen LogP contribution is 2.26. The van der Waals surface area contributed by atoms with Gasteiger partial charge in [-0.05, 0) is 31.2 Å². The highest BCUT2D eigenvalue weighted by Gasteiger charge is 2.17. The van der Waals surface area contributed by atoms with Crippen molar-refractivity contribution in [1.29, 1.82) is 0 Å². The molecule has 0 aliphatic rings. The molecule has 0 aliphatic heterocycles. The van der Waals surface area contributed by atoms with Crippen LogP contribution in [0.1, 0.15) is 6.92 Å². The van der Waals surface area contributed by atoms with E-state index in [1.54, 1.807) is 13.3 Å². The van der Waals surface area contributed by atoms with Gasteiger partial charge in [0.25, 0.3) is 0 Å². The minimum atomic E-state index is -0.314. The van der Waals surface area contributed by atoms with E-state index in [1.165, 1.54) is 11.8 Å². The van der Waals surface area contributed by atoms with Gasteiger partial charge >= 0.3 is 0 Å². The molecule has 1 aromatic heterocycles. The summed E-state index contributed by atoms with van der Waals surface area (Å²) in [4.78, 5) is 21.3. The SMILES string of the molecule is COc1ccccc1NC(=O)[C@@H](C)Sc1cnc2ccccc2n1. The van der Waals surface area contributed by atoms with E-state index in [4.69, 9.17) is 4.74 Å². The van der Waals surface area contributed by atoms with Gasteiger partial charge in [-0.1, -0.05) is 36.0 Å². The summed E-state index contributed by atoms with van der Waals surface area (Å²) in [6, 6.07) is 15.0. The zero-order valence-electron chi connectivity index (χ0n) is 13.4. The summed E-state index contributed by atoms with van der Waals surface area (Å²) in [5, 5.41) is 3.29. The standard InChI is InChI=1S/C18H17N3O2S/c1-12(18(22)21-15-9-5-6-10-16(15)23-2)24-17-11-19-13-7-3-4-8-14(13)20-17/h3-12H,1-2H3,(H,21,22)/t12-/m1/s1. The van der Waals surface area contributed by atoms with Crippen LogP contribution < -0.4 is 10.1 Å². The second kappa shape index (κ2) is 7.31. The number of benzene rings is 2. The number of amides is 1. The molecular weight excluding hydrogens is 322 g/mol. The molecule has 122 valence electrons. The first-order chi connectivity index (χ1) is 11.7. The van der Waals surface area contributed by atoms with E-state index in [2.05, 4.69) is 15.3 Å². The minimum absolute atomic E-state index is 0.112. The average Bonchev–Trinajstić information content (AvgIpc) is 2.62. The Kier molecular flexibility index (Phi) is 4.96. The summed E-state index contributed by atoms with van der Waals surface area (Å²) in [6.45, 7) is 1.84. The zero-order chi connectivity index (χ0) is 16.9. The highest BCUT2D eigenvalue weighted by molar-refractivity contribution is 8.00. The number of carbonyl (C=O) groups is 1. The van der Waals surface area contributed by atoms with Crippen LogP contribution in [-0.2, 0) is 4.79 Å². The summed E-state index contributed by atoms with van der Waals surface area (Å²) in [7, 11) is 1.58. The van der Waals surface area contributed by atoms with E-state index in [0.717, 1.165) is 16.1 Å².